The fraction of sp³-hybridized carbons (Fsp3) is 0.769. The second kappa shape index (κ2) is 6.64. The van der Waals surface area contributed by atoms with Crippen LogP contribution in [0.3, 0.4) is 0 Å². The summed E-state index contributed by atoms with van der Waals surface area (Å²) in [5.41, 5.74) is 5.34. The van der Waals surface area contributed by atoms with Crippen LogP contribution in [-0.4, -0.2) is 21.6 Å². The number of hydrogen-bond acceptors (Lipinski definition) is 5. The fourth-order valence-corrected chi connectivity index (χ4v) is 2.09. The third-order valence-electron chi connectivity index (χ3n) is 3.14. The van der Waals surface area contributed by atoms with Crippen LogP contribution < -0.4 is 5.73 Å². The van der Waals surface area contributed by atoms with Gasteiger partial charge in [0.25, 0.3) is 0 Å². The SMILES string of the molecule is CCCc1nc(N)nc(C(CC)(CC)OCC)n1. The van der Waals surface area contributed by atoms with E-state index in [0.29, 0.717) is 12.4 Å². The molecule has 0 aliphatic heterocycles. The second-order valence-corrected chi connectivity index (χ2v) is 4.32. The third-order valence-corrected chi connectivity index (χ3v) is 3.14. The Hall–Kier alpha value is -1.23. The predicted octanol–water partition coefficient (Wildman–Crippen LogP) is 2.46. The van der Waals surface area contributed by atoms with Gasteiger partial charge in [-0.25, -0.2) is 4.98 Å². The Morgan fingerprint density at radius 1 is 1.06 bits per heavy atom. The average Bonchev–Trinajstić information content (AvgIpc) is 2.36. The van der Waals surface area contributed by atoms with Gasteiger partial charge in [0.15, 0.2) is 5.82 Å². The highest BCUT2D eigenvalue weighted by Crippen LogP contribution is 2.30. The van der Waals surface area contributed by atoms with Gasteiger partial charge in [-0.05, 0) is 26.2 Å². The first-order valence-electron chi connectivity index (χ1n) is 6.76. The van der Waals surface area contributed by atoms with E-state index < -0.39 is 5.60 Å². The van der Waals surface area contributed by atoms with E-state index >= 15 is 0 Å². The van der Waals surface area contributed by atoms with Crippen molar-refractivity contribution in [3.05, 3.63) is 11.6 Å². The van der Waals surface area contributed by atoms with Crippen LogP contribution in [0, 0.1) is 0 Å². The number of ether oxygens (including phenoxy) is 1. The first-order chi connectivity index (χ1) is 8.61. The van der Waals surface area contributed by atoms with Crippen molar-refractivity contribution in [1.29, 1.82) is 0 Å². The van der Waals surface area contributed by atoms with Gasteiger partial charge in [-0.3, -0.25) is 0 Å². The quantitative estimate of drug-likeness (QED) is 0.807. The van der Waals surface area contributed by atoms with Gasteiger partial charge in [-0.2, -0.15) is 9.97 Å². The van der Waals surface area contributed by atoms with Crippen LogP contribution in [0.2, 0.25) is 0 Å². The average molecular weight is 252 g/mol. The number of aryl methyl sites for hydroxylation is 1. The molecule has 0 aromatic carbocycles. The molecule has 18 heavy (non-hydrogen) atoms. The minimum atomic E-state index is -0.436. The lowest BCUT2D eigenvalue weighted by Gasteiger charge is -2.30. The van der Waals surface area contributed by atoms with Crippen molar-refractivity contribution in [3.8, 4) is 0 Å². The van der Waals surface area contributed by atoms with Gasteiger partial charge in [0.2, 0.25) is 5.95 Å². The topological polar surface area (TPSA) is 73.9 Å². The fourth-order valence-electron chi connectivity index (χ4n) is 2.09. The predicted molar refractivity (Wildman–Crippen MR) is 72.1 cm³/mol. The van der Waals surface area contributed by atoms with E-state index in [0.717, 1.165) is 31.5 Å². The Bertz CT molecular complexity index is 377. The zero-order valence-corrected chi connectivity index (χ0v) is 11.9. The van der Waals surface area contributed by atoms with Crippen molar-refractivity contribution in [2.45, 2.75) is 59.0 Å². The van der Waals surface area contributed by atoms with Crippen molar-refractivity contribution in [1.82, 2.24) is 15.0 Å². The summed E-state index contributed by atoms with van der Waals surface area (Å²) in [6.45, 7) is 8.88. The summed E-state index contributed by atoms with van der Waals surface area (Å²) in [4.78, 5) is 13.0. The molecule has 2 N–H and O–H groups in total. The van der Waals surface area contributed by atoms with Gasteiger partial charge in [-0.15, -0.1) is 0 Å². The molecular formula is C13H24N4O. The lowest BCUT2D eigenvalue weighted by molar-refractivity contribution is -0.0573. The van der Waals surface area contributed by atoms with Crippen LogP contribution in [0.1, 0.15) is 58.6 Å². The number of hydrogen-bond donors (Lipinski definition) is 1. The van der Waals surface area contributed by atoms with Gasteiger partial charge in [0.1, 0.15) is 11.4 Å². The first kappa shape index (κ1) is 14.8. The molecule has 1 aromatic rings. The number of anilines is 1. The Morgan fingerprint density at radius 2 is 1.72 bits per heavy atom. The van der Waals surface area contributed by atoms with Crippen LogP contribution >= 0.6 is 0 Å². The number of nitrogens with two attached hydrogens (primary N) is 1. The Balaban J connectivity index is 3.18. The van der Waals surface area contributed by atoms with E-state index in [4.69, 9.17) is 10.5 Å². The number of rotatable bonds is 7. The van der Waals surface area contributed by atoms with E-state index in [1.807, 2.05) is 6.92 Å². The molecule has 0 aliphatic rings. The van der Waals surface area contributed by atoms with Crippen LogP contribution in [0.5, 0.6) is 0 Å². The van der Waals surface area contributed by atoms with Gasteiger partial charge in [-0.1, -0.05) is 20.8 Å². The molecule has 0 aliphatic carbocycles. The molecule has 0 radical (unpaired) electrons. The molecule has 0 saturated heterocycles. The minimum Gasteiger partial charge on any atom is -0.368 e. The maximum Gasteiger partial charge on any atom is 0.223 e. The zero-order valence-electron chi connectivity index (χ0n) is 11.9. The van der Waals surface area contributed by atoms with Crippen molar-refractivity contribution in [3.63, 3.8) is 0 Å². The highest BCUT2D eigenvalue weighted by Gasteiger charge is 2.33. The van der Waals surface area contributed by atoms with Crippen LogP contribution in [0.15, 0.2) is 0 Å². The summed E-state index contributed by atoms with van der Waals surface area (Å²) in [7, 11) is 0. The number of nitrogen functional groups attached to an aromatic ring is 1. The maximum atomic E-state index is 5.89. The van der Waals surface area contributed by atoms with Gasteiger partial charge >= 0.3 is 0 Å². The van der Waals surface area contributed by atoms with Crippen LogP contribution in [-0.2, 0) is 16.8 Å². The van der Waals surface area contributed by atoms with Gasteiger partial charge in [0.05, 0.1) is 0 Å². The molecular weight excluding hydrogens is 228 g/mol. The maximum absolute atomic E-state index is 5.89. The van der Waals surface area contributed by atoms with Gasteiger partial charge < -0.3 is 10.5 Å². The lowest BCUT2D eigenvalue weighted by atomic mass is 9.96. The van der Waals surface area contributed by atoms with Crippen molar-refractivity contribution in [2.24, 2.45) is 0 Å². The number of aromatic nitrogens is 3. The molecule has 0 amide bonds. The second-order valence-electron chi connectivity index (χ2n) is 4.32. The van der Waals surface area contributed by atoms with E-state index in [-0.39, 0.29) is 5.95 Å². The molecule has 1 rings (SSSR count). The molecule has 0 spiro atoms. The van der Waals surface area contributed by atoms with Crippen molar-refractivity contribution < 1.29 is 4.74 Å². The third kappa shape index (κ3) is 3.16. The molecule has 0 atom stereocenters. The Labute approximate surface area is 109 Å². The van der Waals surface area contributed by atoms with E-state index in [9.17, 15) is 0 Å². The molecule has 0 unspecified atom stereocenters. The molecule has 102 valence electrons. The monoisotopic (exact) mass is 252 g/mol. The molecule has 0 saturated carbocycles. The van der Waals surface area contributed by atoms with E-state index in [1.54, 1.807) is 0 Å². The summed E-state index contributed by atoms with van der Waals surface area (Å²) in [6, 6.07) is 0. The summed E-state index contributed by atoms with van der Waals surface area (Å²) < 4.78 is 5.89. The molecule has 0 bridgehead atoms. The Kier molecular flexibility index (Phi) is 5.47. The summed E-state index contributed by atoms with van der Waals surface area (Å²) >= 11 is 0. The highest BCUT2D eigenvalue weighted by molar-refractivity contribution is 5.19. The summed E-state index contributed by atoms with van der Waals surface area (Å²) in [5, 5.41) is 0. The normalized spacial score (nSPS) is 11.8. The zero-order chi connectivity index (χ0) is 13.6. The van der Waals surface area contributed by atoms with E-state index in [2.05, 4.69) is 35.7 Å². The Morgan fingerprint density at radius 3 is 2.22 bits per heavy atom. The van der Waals surface area contributed by atoms with Gasteiger partial charge in [0, 0.05) is 13.0 Å². The summed E-state index contributed by atoms with van der Waals surface area (Å²) in [6.07, 6.45) is 3.46. The highest BCUT2D eigenvalue weighted by atomic mass is 16.5. The molecule has 1 aromatic heterocycles. The standard InChI is InChI=1S/C13H24N4O/c1-5-9-10-15-11(17-12(14)16-10)13(6-2,7-3)18-8-4/h5-9H2,1-4H3,(H2,14,15,16,17). The van der Waals surface area contributed by atoms with Crippen LogP contribution in [0.4, 0.5) is 5.95 Å². The first-order valence-corrected chi connectivity index (χ1v) is 6.76. The lowest BCUT2D eigenvalue weighted by Crippen LogP contribution is -2.32. The van der Waals surface area contributed by atoms with Crippen molar-refractivity contribution in [2.75, 3.05) is 12.3 Å². The number of nitrogens with zero attached hydrogens (tertiary/aromatic N) is 3. The van der Waals surface area contributed by atoms with Crippen molar-refractivity contribution >= 4 is 5.95 Å². The molecule has 0 fully saturated rings. The minimum absolute atomic E-state index is 0.287. The smallest absolute Gasteiger partial charge is 0.223 e. The van der Waals surface area contributed by atoms with Crippen LogP contribution in [0.25, 0.3) is 0 Å². The molecule has 5 nitrogen and oxygen atoms in total. The van der Waals surface area contributed by atoms with E-state index in [1.165, 1.54) is 0 Å². The largest absolute Gasteiger partial charge is 0.368 e. The summed E-state index contributed by atoms with van der Waals surface area (Å²) in [5.74, 6) is 1.71. The molecule has 1 heterocycles. The molecule has 5 heteroatoms.